The minimum absolute atomic E-state index is 0.101. The zero-order valence-electron chi connectivity index (χ0n) is 20.2. The number of ether oxygens (including phenoxy) is 2. The first-order valence-corrected chi connectivity index (χ1v) is 13.1. The van der Waals surface area contributed by atoms with Crippen LogP contribution in [0.1, 0.15) is 123 Å². The van der Waals surface area contributed by atoms with Crippen molar-refractivity contribution in [2.24, 2.45) is 11.8 Å². The quantitative estimate of drug-likeness (QED) is 0.164. The van der Waals surface area contributed by atoms with E-state index in [1.165, 1.54) is 32.1 Å². The third kappa shape index (κ3) is 8.62. The Bertz CT molecular complexity index is 522. The van der Waals surface area contributed by atoms with Crippen LogP contribution >= 0.6 is 0 Å². The molecule has 2 aliphatic carbocycles. The monoisotopic (exact) mass is 458 g/mol. The van der Waals surface area contributed by atoms with E-state index in [0.29, 0.717) is 37.5 Å². The summed E-state index contributed by atoms with van der Waals surface area (Å²) < 4.78 is 39.9. The molecule has 0 heterocycles. The lowest BCUT2D eigenvalue weighted by atomic mass is 9.72. The summed E-state index contributed by atoms with van der Waals surface area (Å²) in [5, 5.41) is 0. The predicted molar refractivity (Wildman–Crippen MR) is 122 cm³/mol. The number of carbonyl (C=O) groups excluding carboxylic acids is 2. The SMILES string of the molecule is CCCCC[C@@H](F)C(=O)OC1(OC(=O)[C@H](F)CCCCC)CCC(C2CCCCC2)CC1. The number of hydrogen-bond donors (Lipinski definition) is 0. The second-order valence-electron chi connectivity index (χ2n) is 9.92. The normalized spacial score (nSPS) is 21.6. The molecule has 0 spiro atoms. The molecule has 2 fully saturated rings. The Balaban J connectivity index is 2.00. The lowest BCUT2D eigenvalue weighted by Crippen LogP contribution is -2.47. The van der Waals surface area contributed by atoms with Crippen LogP contribution < -0.4 is 0 Å². The highest BCUT2D eigenvalue weighted by atomic mass is 19.1. The molecular formula is C26H44F2O4. The van der Waals surface area contributed by atoms with Gasteiger partial charge in [0.2, 0.25) is 0 Å². The standard InChI is InChI=1S/C26H44F2O4/c1-3-5-8-14-22(27)24(29)31-26(32-25(30)23(28)15-9-6-4-2)18-16-21(17-19-26)20-12-10-7-11-13-20/h20-23H,3-19H2,1-2H3/t22-,23-/m1/s1. The van der Waals surface area contributed by atoms with Gasteiger partial charge >= 0.3 is 11.9 Å². The zero-order valence-corrected chi connectivity index (χ0v) is 20.2. The summed E-state index contributed by atoms with van der Waals surface area (Å²) in [6, 6.07) is 0. The van der Waals surface area contributed by atoms with Crippen molar-refractivity contribution >= 4 is 11.9 Å². The van der Waals surface area contributed by atoms with Gasteiger partial charge in [0.15, 0.2) is 12.3 Å². The molecule has 0 saturated heterocycles. The first kappa shape index (κ1) is 27.0. The molecule has 0 aliphatic heterocycles. The number of alkyl halides is 2. The molecule has 4 nitrogen and oxygen atoms in total. The van der Waals surface area contributed by atoms with Crippen molar-refractivity contribution in [1.82, 2.24) is 0 Å². The minimum atomic E-state index is -1.74. The van der Waals surface area contributed by atoms with Crippen molar-refractivity contribution in [2.45, 2.75) is 141 Å². The molecule has 0 unspecified atom stereocenters. The van der Waals surface area contributed by atoms with E-state index in [0.717, 1.165) is 38.5 Å². The molecule has 2 saturated carbocycles. The average molecular weight is 459 g/mol. The van der Waals surface area contributed by atoms with Crippen LogP contribution in [0.25, 0.3) is 0 Å². The fraction of sp³-hybridized carbons (Fsp3) is 0.923. The molecule has 186 valence electrons. The van der Waals surface area contributed by atoms with Crippen molar-refractivity contribution in [2.75, 3.05) is 0 Å². The number of esters is 2. The smallest absolute Gasteiger partial charge is 0.343 e. The molecule has 2 atom stereocenters. The molecule has 0 bridgehead atoms. The van der Waals surface area contributed by atoms with Crippen LogP contribution in [0.4, 0.5) is 8.78 Å². The molecule has 2 rings (SSSR count). The van der Waals surface area contributed by atoms with Crippen LogP contribution in [-0.4, -0.2) is 30.1 Å². The molecule has 0 aromatic carbocycles. The molecule has 0 amide bonds. The highest BCUT2D eigenvalue weighted by Gasteiger charge is 2.46. The Morgan fingerprint density at radius 3 is 1.62 bits per heavy atom. The molecule has 0 aromatic heterocycles. The van der Waals surface area contributed by atoms with E-state index in [1.54, 1.807) is 0 Å². The van der Waals surface area contributed by atoms with E-state index in [4.69, 9.17) is 9.47 Å². The van der Waals surface area contributed by atoms with Crippen molar-refractivity contribution in [1.29, 1.82) is 0 Å². The first-order chi connectivity index (χ1) is 15.4. The van der Waals surface area contributed by atoms with E-state index in [1.807, 2.05) is 13.8 Å². The predicted octanol–water partition coefficient (Wildman–Crippen LogP) is 7.38. The maximum atomic E-state index is 14.4. The number of rotatable bonds is 13. The van der Waals surface area contributed by atoms with Gasteiger partial charge in [-0.15, -0.1) is 0 Å². The van der Waals surface area contributed by atoms with E-state index in [2.05, 4.69) is 0 Å². The molecule has 0 N–H and O–H groups in total. The number of carbonyl (C=O) groups is 2. The van der Waals surface area contributed by atoms with E-state index in [-0.39, 0.29) is 12.8 Å². The van der Waals surface area contributed by atoms with Crippen LogP contribution in [0.2, 0.25) is 0 Å². The summed E-state index contributed by atoms with van der Waals surface area (Å²) in [5.41, 5.74) is 0. The molecular weight excluding hydrogens is 414 g/mol. The fourth-order valence-corrected chi connectivity index (χ4v) is 5.26. The molecule has 0 radical (unpaired) electrons. The van der Waals surface area contributed by atoms with Crippen molar-refractivity contribution in [3.8, 4) is 0 Å². The molecule has 32 heavy (non-hydrogen) atoms. The van der Waals surface area contributed by atoms with Gasteiger partial charge < -0.3 is 9.47 Å². The molecule has 0 aromatic rings. The van der Waals surface area contributed by atoms with Crippen LogP contribution in [0.15, 0.2) is 0 Å². The van der Waals surface area contributed by atoms with Crippen LogP contribution in [0, 0.1) is 11.8 Å². The maximum Gasteiger partial charge on any atom is 0.343 e. The number of halogens is 2. The summed E-state index contributed by atoms with van der Waals surface area (Å²) in [4.78, 5) is 24.9. The molecule has 6 heteroatoms. The van der Waals surface area contributed by atoms with Gasteiger partial charge in [-0.1, -0.05) is 71.6 Å². The van der Waals surface area contributed by atoms with Gasteiger partial charge in [-0.05, 0) is 50.4 Å². The lowest BCUT2D eigenvalue weighted by molar-refractivity contribution is -0.248. The largest absolute Gasteiger partial charge is 0.420 e. The van der Waals surface area contributed by atoms with Gasteiger partial charge in [-0.25, -0.2) is 18.4 Å². The van der Waals surface area contributed by atoms with Crippen LogP contribution in [0.5, 0.6) is 0 Å². The topological polar surface area (TPSA) is 52.6 Å². The third-order valence-electron chi connectivity index (χ3n) is 7.32. The van der Waals surface area contributed by atoms with E-state index in [9.17, 15) is 18.4 Å². The van der Waals surface area contributed by atoms with Gasteiger partial charge in [-0.3, -0.25) is 0 Å². The summed E-state index contributed by atoms with van der Waals surface area (Å²) in [6.07, 6.45) is 9.87. The van der Waals surface area contributed by atoms with Crippen molar-refractivity contribution in [3.63, 3.8) is 0 Å². The lowest BCUT2D eigenvalue weighted by Gasteiger charge is -2.42. The summed E-state index contributed by atoms with van der Waals surface area (Å²) in [7, 11) is 0. The van der Waals surface area contributed by atoms with Crippen molar-refractivity contribution < 1.29 is 27.8 Å². The fourth-order valence-electron chi connectivity index (χ4n) is 5.26. The first-order valence-electron chi connectivity index (χ1n) is 13.1. The Morgan fingerprint density at radius 1 is 0.750 bits per heavy atom. The second-order valence-corrected chi connectivity index (χ2v) is 9.92. The number of hydrogen-bond acceptors (Lipinski definition) is 4. The van der Waals surface area contributed by atoms with Gasteiger partial charge in [-0.2, -0.15) is 0 Å². The van der Waals surface area contributed by atoms with Crippen LogP contribution in [0.3, 0.4) is 0 Å². The van der Waals surface area contributed by atoms with Gasteiger partial charge in [0.25, 0.3) is 5.79 Å². The van der Waals surface area contributed by atoms with E-state index < -0.39 is 30.1 Å². The Labute approximate surface area is 193 Å². The van der Waals surface area contributed by atoms with Crippen molar-refractivity contribution in [3.05, 3.63) is 0 Å². The van der Waals surface area contributed by atoms with Gasteiger partial charge in [0.05, 0.1) is 0 Å². The highest BCUT2D eigenvalue weighted by Crippen LogP contribution is 2.43. The zero-order chi connectivity index (χ0) is 23.4. The summed E-state index contributed by atoms with van der Waals surface area (Å²) in [5.74, 6) is -2.34. The second kappa shape index (κ2) is 14.1. The number of unbranched alkanes of at least 4 members (excludes halogenated alkanes) is 4. The Hall–Kier alpha value is -1.20. The van der Waals surface area contributed by atoms with E-state index >= 15 is 0 Å². The van der Waals surface area contributed by atoms with Gasteiger partial charge in [0, 0.05) is 12.8 Å². The summed E-state index contributed by atoms with van der Waals surface area (Å²) in [6.45, 7) is 4.03. The van der Waals surface area contributed by atoms with Gasteiger partial charge in [0.1, 0.15) is 0 Å². The summed E-state index contributed by atoms with van der Waals surface area (Å²) >= 11 is 0. The highest BCUT2D eigenvalue weighted by molar-refractivity contribution is 5.77. The average Bonchev–Trinajstić information content (AvgIpc) is 2.80. The maximum absolute atomic E-state index is 14.4. The molecule has 2 aliphatic rings. The minimum Gasteiger partial charge on any atom is -0.420 e. The van der Waals surface area contributed by atoms with Crippen LogP contribution in [-0.2, 0) is 19.1 Å². The third-order valence-corrected chi connectivity index (χ3v) is 7.32. The Morgan fingerprint density at radius 2 is 1.19 bits per heavy atom. The Kier molecular flexibility index (Phi) is 12.0.